The molecule has 0 radical (unpaired) electrons. The van der Waals surface area contributed by atoms with Crippen LogP contribution in [0, 0.1) is 5.82 Å². The van der Waals surface area contributed by atoms with Gasteiger partial charge in [0.2, 0.25) is 5.91 Å². The summed E-state index contributed by atoms with van der Waals surface area (Å²) in [4.78, 5) is 22.8. The average Bonchev–Trinajstić information content (AvgIpc) is 2.84. The van der Waals surface area contributed by atoms with E-state index in [1.807, 2.05) is 0 Å². The molecule has 1 saturated heterocycles. The van der Waals surface area contributed by atoms with Gasteiger partial charge in [-0.1, -0.05) is 11.8 Å². The lowest BCUT2D eigenvalue weighted by Crippen LogP contribution is -2.24. The van der Waals surface area contributed by atoms with Crippen LogP contribution in [-0.2, 0) is 9.53 Å². The normalized spacial score (nSPS) is 16.9. The number of hydrogen-bond acceptors (Lipinski definition) is 6. The molecule has 0 aliphatic carbocycles. The van der Waals surface area contributed by atoms with Gasteiger partial charge in [0.1, 0.15) is 11.4 Å². The molecule has 1 aromatic carbocycles. The minimum atomic E-state index is -0.646. The summed E-state index contributed by atoms with van der Waals surface area (Å²) >= 11 is 1.22. The Kier molecular flexibility index (Phi) is 5.15. The molecule has 0 atom stereocenters. The topological polar surface area (TPSA) is 80.1 Å². The number of amidine groups is 1. The molecular weight excluding hydrogens is 321 g/mol. The first-order valence-electron chi connectivity index (χ1n) is 6.81. The number of thioether (sulfide) groups is 1. The van der Waals surface area contributed by atoms with E-state index in [0.29, 0.717) is 10.9 Å². The minimum absolute atomic E-state index is 0.125. The second-order valence-corrected chi connectivity index (χ2v) is 6.69. The summed E-state index contributed by atoms with van der Waals surface area (Å²) in [7, 11) is 0. The summed E-state index contributed by atoms with van der Waals surface area (Å²) in [6, 6.07) is 3.96. The lowest BCUT2D eigenvalue weighted by Gasteiger charge is -2.19. The third kappa shape index (κ3) is 5.17. The maximum absolute atomic E-state index is 14.0. The monoisotopic (exact) mass is 337 g/mol. The lowest BCUT2D eigenvalue weighted by atomic mass is 10.1. The van der Waals surface area contributed by atoms with Gasteiger partial charge in [0.25, 0.3) is 0 Å². The third-order valence-corrected chi connectivity index (χ3v) is 3.43. The van der Waals surface area contributed by atoms with E-state index in [2.05, 4.69) is 15.5 Å². The highest BCUT2D eigenvalue weighted by Crippen LogP contribution is 2.15. The molecule has 2 rings (SSSR count). The molecule has 1 aliphatic heterocycles. The van der Waals surface area contributed by atoms with Crippen molar-refractivity contribution < 1.29 is 18.7 Å². The van der Waals surface area contributed by atoms with E-state index in [-0.39, 0.29) is 17.0 Å². The van der Waals surface area contributed by atoms with Crippen LogP contribution in [0.5, 0.6) is 0 Å². The summed E-state index contributed by atoms with van der Waals surface area (Å²) in [5, 5.41) is 10.4. The fourth-order valence-electron chi connectivity index (χ4n) is 1.62. The fourth-order valence-corrected chi connectivity index (χ4v) is 2.25. The number of amides is 1. The first kappa shape index (κ1) is 17.1. The summed E-state index contributed by atoms with van der Waals surface area (Å²) in [5.41, 5.74) is -0.344. The van der Waals surface area contributed by atoms with Crippen molar-refractivity contribution in [3.05, 3.63) is 35.1 Å². The first-order chi connectivity index (χ1) is 10.7. The van der Waals surface area contributed by atoms with Gasteiger partial charge >= 0.3 is 5.97 Å². The number of halogens is 1. The quantitative estimate of drug-likeness (QED) is 0.521. The van der Waals surface area contributed by atoms with Crippen LogP contribution in [0.2, 0.25) is 0 Å². The van der Waals surface area contributed by atoms with E-state index in [0.717, 1.165) is 6.07 Å². The molecule has 1 fully saturated rings. The van der Waals surface area contributed by atoms with Crippen LogP contribution in [0.15, 0.2) is 28.4 Å². The second kappa shape index (κ2) is 6.91. The van der Waals surface area contributed by atoms with Gasteiger partial charge in [-0.2, -0.15) is 5.10 Å². The third-order valence-electron chi connectivity index (χ3n) is 2.57. The van der Waals surface area contributed by atoms with Crippen LogP contribution in [-0.4, -0.2) is 34.6 Å². The Morgan fingerprint density at radius 2 is 2.17 bits per heavy atom. The molecule has 122 valence electrons. The van der Waals surface area contributed by atoms with Crippen molar-refractivity contribution in [3.8, 4) is 0 Å². The standard InChI is InChI=1S/C15H16FN3O3S/c1-15(2,3)22-13(21)9-4-5-10(11(16)6-9)7-17-19-14-18-12(20)8-23-14/h4-7H,8H2,1-3H3,(H,18,19,20). The second-order valence-electron chi connectivity index (χ2n) is 5.72. The van der Waals surface area contributed by atoms with Gasteiger partial charge in [0.15, 0.2) is 5.17 Å². The van der Waals surface area contributed by atoms with Gasteiger partial charge in [0, 0.05) is 5.56 Å². The molecule has 23 heavy (non-hydrogen) atoms. The average molecular weight is 337 g/mol. The predicted molar refractivity (Wildman–Crippen MR) is 87.2 cm³/mol. The van der Waals surface area contributed by atoms with Gasteiger partial charge in [-0.05, 0) is 39.0 Å². The molecular formula is C15H16FN3O3S. The van der Waals surface area contributed by atoms with Crippen molar-refractivity contribution in [2.24, 2.45) is 10.2 Å². The summed E-state index contributed by atoms with van der Waals surface area (Å²) in [6.07, 6.45) is 1.21. The first-order valence-corrected chi connectivity index (χ1v) is 7.80. The Hall–Kier alpha value is -2.22. The molecule has 0 unspecified atom stereocenters. The van der Waals surface area contributed by atoms with Crippen molar-refractivity contribution in [2.45, 2.75) is 26.4 Å². The van der Waals surface area contributed by atoms with Crippen LogP contribution >= 0.6 is 11.8 Å². The molecule has 8 heteroatoms. The number of carbonyl (C=O) groups excluding carboxylic acids is 2. The van der Waals surface area contributed by atoms with Crippen molar-refractivity contribution in [1.29, 1.82) is 0 Å². The number of ether oxygens (including phenoxy) is 1. The van der Waals surface area contributed by atoms with Gasteiger partial charge < -0.3 is 10.1 Å². The molecule has 1 amide bonds. The smallest absolute Gasteiger partial charge is 0.338 e. The van der Waals surface area contributed by atoms with Gasteiger partial charge in [0.05, 0.1) is 17.5 Å². The van der Waals surface area contributed by atoms with Crippen LogP contribution in [0.3, 0.4) is 0 Å². The van der Waals surface area contributed by atoms with Crippen molar-refractivity contribution in [2.75, 3.05) is 5.75 Å². The Morgan fingerprint density at radius 3 is 2.74 bits per heavy atom. The summed E-state index contributed by atoms with van der Waals surface area (Å²) < 4.78 is 19.2. The highest BCUT2D eigenvalue weighted by molar-refractivity contribution is 8.15. The van der Waals surface area contributed by atoms with Crippen molar-refractivity contribution in [1.82, 2.24) is 5.32 Å². The number of rotatable bonds is 3. The zero-order valence-corrected chi connectivity index (χ0v) is 13.7. The zero-order chi connectivity index (χ0) is 17.0. The molecule has 6 nitrogen and oxygen atoms in total. The minimum Gasteiger partial charge on any atom is -0.456 e. The predicted octanol–water partition coefficient (Wildman–Crippen LogP) is 2.33. The van der Waals surface area contributed by atoms with Crippen LogP contribution < -0.4 is 5.32 Å². The maximum atomic E-state index is 14.0. The fraction of sp³-hybridized carbons (Fsp3) is 0.333. The number of benzene rings is 1. The van der Waals surface area contributed by atoms with Crippen LogP contribution in [0.4, 0.5) is 4.39 Å². The van der Waals surface area contributed by atoms with Crippen LogP contribution in [0.1, 0.15) is 36.7 Å². The Bertz CT molecular complexity index is 696. The Morgan fingerprint density at radius 1 is 1.43 bits per heavy atom. The number of nitrogens with zero attached hydrogens (tertiary/aromatic N) is 2. The Labute approximate surface area is 137 Å². The molecule has 0 saturated carbocycles. The zero-order valence-electron chi connectivity index (χ0n) is 12.9. The van der Waals surface area contributed by atoms with Crippen LogP contribution in [0.25, 0.3) is 0 Å². The molecule has 0 spiro atoms. The molecule has 0 aromatic heterocycles. The maximum Gasteiger partial charge on any atom is 0.338 e. The van der Waals surface area contributed by atoms with Crippen molar-refractivity contribution >= 4 is 35.0 Å². The molecule has 1 heterocycles. The van der Waals surface area contributed by atoms with Gasteiger partial charge in [-0.15, -0.1) is 5.10 Å². The van der Waals surface area contributed by atoms with E-state index in [9.17, 15) is 14.0 Å². The number of nitrogens with one attached hydrogen (secondary N) is 1. The summed E-state index contributed by atoms with van der Waals surface area (Å²) in [6.45, 7) is 5.21. The van der Waals surface area contributed by atoms with E-state index >= 15 is 0 Å². The summed E-state index contributed by atoms with van der Waals surface area (Å²) in [5.74, 6) is -1.05. The van der Waals surface area contributed by atoms with Crippen molar-refractivity contribution in [3.63, 3.8) is 0 Å². The van der Waals surface area contributed by atoms with Gasteiger partial charge in [-0.25, -0.2) is 9.18 Å². The molecule has 1 aliphatic rings. The SMILES string of the molecule is CC(C)(C)OC(=O)c1ccc(C=NN=C2NC(=O)CS2)c(F)c1. The van der Waals surface area contributed by atoms with E-state index in [4.69, 9.17) is 4.74 Å². The number of hydrogen-bond donors (Lipinski definition) is 1. The number of esters is 1. The van der Waals surface area contributed by atoms with E-state index < -0.39 is 17.4 Å². The number of carbonyl (C=O) groups is 2. The molecule has 0 bridgehead atoms. The van der Waals surface area contributed by atoms with E-state index in [1.54, 1.807) is 20.8 Å². The molecule has 1 aromatic rings. The largest absolute Gasteiger partial charge is 0.456 e. The highest BCUT2D eigenvalue weighted by Gasteiger charge is 2.19. The Balaban J connectivity index is 2.07. The lowest BCUT2D eigenvalue weighted by molar-refractivity contribution is -0.116. The van der Waals surface area contributed by atoms with Gasteiger partial charge in [-0.3, -0.25) is 4.79 Å². The van der Waals surface area contributed by atoms with E-state index in [1.165, 1.54) is 30.1 Å². The highest BCUT2D eigenvalue weighted by atomic mass is 32.2. The molecule has 1 N–H and O–H groups in total.